The number of nitriles is 1. The Labute approximate surface area is 169 Å². The van der Waals surface area contributed by atoms with E-state index in [0.29, 0.717) is 23.0 Å². The van der Waals surface area contributed by atoms with E-state index in [1.807, 2.05) is 24.3 Å². The van der Waals surface area contributed by atoms with Gasteiger partial charge in [0.05, 0.1) is 15.8 Å². The second-order valence-corrected chi connectivity index (χ2v) is 7.48. The van der Waals surface area contributed by atoms with E-state index in [1.165, 1.54) is 11.3 Å². The molecule has 0 fully saturated rings. The third-order valence-corrected chi connectivity index (χ3v) is 5.47. The number of aromatic nitrogens is 1. The third kappa shape index (κ3) is 4.87. The van der Waals surface area contributed by atoms with Crippen molar-refractivity contribution >= 4 is 32.6 Å². The Morgan fingerprint density at radius 3 is 2.71 bits per heavy atom. The first-order valence-corrected chi connectivity index (χ1v) is 10.3. The van der Waals surface area contributed by atoms with Crippen molar-refractivity contribution in [1.82, 2.24) is 4.98 Å². The van der Waals surface area contributed by atoms with Crippen molar-refractivity contribution in [2.24, 2.45) is 0 Å². The van der Waals surface area contributed by atoms with Crippen LogP contribution in [0.3, 0.4) is 0 Å². The number of rotatable bonds is 9. The smallest absolute Gasteiger partial charge is 0.266 e. The molecular formula is C22H23N3O2S. The topological polar surface area (TPSA) is 66.2 Å². The van der Waals surface area contributed by atoms with E-state index in [4.69, 9.17) is 4.74 Å². The highest BCUT2D eigenvalue weighted by Gasteiger charge is 2.20. The summed E-state index contributed by atoms with van der Waals surface area (Å²) in [6.45, 7) is 2.65. The zero-order chi connectivity index (χ0) is 19.8. The Morgan fingerprint density at radius 1 is 1.14 bits per heavy atom. The van der Waals surface area contributed by atoms with Crippen molar-refractivity contribution in [1.29, 1.82) is 5.26 Å². The monoisotopic (exact) mass is 393 g/mol. The fraction of sp³-hybridized carbons (Fsp3) is 0.318. The lowest BCUT2D eigenvalue weighted by Crippen LogP contribution is -2.35. The summed E-state index contributed by atoms with van der Waals surface area (Å²) in [7, 11) is 0. The molecule has 0 saturated heterocycles. The minimum absolute atomic E-state index is 0.123. The lowest BCUT2D eigenvalue weighted by atomic mass is 10.2. The van der Waals surface area contributed by atoms with Crippen molar-refractivity contribution in [2.45, 2.75) is 32.6 Å². The zero-order valence-electron chi connectivity index (χ0n) is 15.9. The molecule has 0 aliphatic rings. The van der Waals surface area contributed by atoms with Crippen LogP contribution in [0, 0.1) is 11.3 Å². The van der Waals surface area contributed by atoms with Gasteiger partial charge in [-0.3, -0.25) is 9.69 Å². The highest BCUT2D eigenvalue weighted by atomic mass is 32.1. The summed E-state index contributed by atoms with van der Waals surface area (Å²) in [5, 5.41) is 9.88. The summed E-state index contributed by atoms with van der Waals surface area (Å²) in [6.07, 6.45) is 4.28. The minimum atomic E-state index is -0.150. The summed E-state index contributed by atoms with van der Waals surface area (Å²) in [5.41, 5.74) is 1.31. The first kappa shape index (κ1) is 19.8. The third-order valence-electron chi connectivity index (χ3n) is 4.41. The van der Waals surface area contributed by atoms with Gasteiger partial charge in [0.2, 0.25) is 0 Å². The van der Waals surface area contributed by atoms with Gasteiger partial charge in [0.1, 0.15) is 11.8 Å². The van der Waals surface area contributed by atoms with Gasteiger partial charge < -0.3 is 4.74 Å². The number of nitrogens with zero attached hydrogens (tertiary/aromatic N) is 3. The van der Waals surface area contributed by atoms with Crippen LogP contribution < -0.4 is 9.64 Å². The van der Waals surface area contributed by atoms with Crippen LogP contribution in [-0.4, -0.2) is 24.0 Å². The standard InChI is InChI=1S/C22H23N3O2S/c1-2-3-4-9-14-25(22-24-18-11-6-8-13-20(18)28-22)21(26)16-27-19-12-7-5-10-17(19)15-23/h5-8,10-13H,2-4,9,14,16H2,1H3. The number of ether oxygens (including phenoxy) is 1. The van der Waals surface area contributed by atoms with Gasteiger partial charge in [-0.2, -0.15) is 5.26 Å². The Morgan fingerprint density at radius 2 is 1.93 bits per heavy atom. The normalized spacial score (nSPS) is 10.6. The van der Waals surface area contributed by atoms with Crippen LogP contribution >= 0.6 is 11.3 Å². The van der Waals surface area contributed by atoms with Gasteiger partial charge in [0, 0.05) is 6.54 Å². The molecule has 0 N–H and O–H groups in total. The number of carbonyl (C=O) groups excluding carboxylic acids is 1. The largest absolute Gasteiger partial charge is 0.482 e. The molecule has 6 heteroatoms. The molecule has 28 heavy (non-hydrogen) atoms. The Balaban J connectivity index is 1.75. The van der Waals surface area contributed by atoms with Gasteiger partial charge in [0.15, 0.2) is 11.7 Å². The molecular weight excluding hydrogens is 370 g/mol. The summed E-state index contributed by atoms with van der Waals surface area (Å²) in [4.78, 5) is 19.3. The number of para-hydroxylation sites is 2. The lowest BCUT2D eigenvalue weighted by Gasteiger charge is -2.20. The van der Waals surface area contributed by atoms with E-state index in [9.17, 15) is 10.1 Å². The lowest BCUT2D eigenvalue weighted by molar-refractivity contribution is -0.120. The zero-order valence-corrected chi connectivity index (χ0v) is 16.7. The van der Waals surface area contributed by atoms with E-state index in [1.54, 1.807) is 29.2 Å². The van der Waals surface area contributed by atoms with Crippen LogP contribution in [0.5, 0.6) is 5.75 Å². The van der Waals surface area contributed by atoms with E-state index < -0.39 is 0 Å². The van der Waals surface area contributed by atoms with Gasteiger partial charge in [-0.05, 0) is 30.7 Å². The number of amides is 1. The number of hydrogen-bond acceptors (Lipinski definition) is 5. The van der Waals surface area contributed by atoms with Crippen molar-refractivity contribution in [3.63, 3.8) is 0 Å². The van der Waals surface area contributed by atoms with Gasteiger partial charge in [-0.25, -0.2) is 4.98 Å². The molecule has 0 radical (unpaired) electrons. The van der Waals surface area contributed by atoms with Gasteiger partial charge in [0.25, 0.3) is 5.91 Å². The van der Waals surface area contributed by atoms with Crippen molar-refractivity contribution in [3.8, 4) is 11.8 Å². The quantitative estimate of drug-likeness (QED) is 0.471. The van der Waals surface area contributed by atoms with E-state index >= 15 is 0 Å². The Hall–Kier alpha value is -2.91. The van der Waals surface area contributed by atoms with E-state index in [2.05, 4.69) is 18.0 Å². The van der Waals surface area contributed by atoms with Crippen LogP contribution in [0.2, 0.25) is 0 Å². The molecule has 0 atom stereocenters. The van der Waals surface area contributed by atoms with Gasteiger partial charge >= 0.3 is 0 Å². The molecule has 1 aromatic heterocycles. The van der Waals surface area contributed by atoms with Crippen LogP contribution in [0.1, 0.15) is 38.2 Å². The molecule has 0 bridgehead atoms. The Kier molecular flexibility index (Phi) is 6.99. The van der Waals surface area contributed by atoms with Crippen LogP contribution in [0.4, 0.5) is 5.13 Å². The first-order chi connectivity index (χ1) is 13.7. The van der Waals surface area contributed by atoms with Crippen molar-refractivity contribution in [3.05, 3.63) is 54.1 Å². The maximum atomic E-state index is 12.9. The highest BCUT2D eigenvalue weighted by Crippen LogP contribution is 2.29. The second kappa shape index (κ2) is 9.86. The molecule has 1 heterocycles. The van der Waals surface area contributed by atoms with Crippen LogP contribution in [0.25, 0.3) is 10.2 Å². The van der Waals surface area contributed by atoms with Crippen LogP contribution in [-0.2, 0) is 4.79 Å². The number of hydrogen-bond donors (Lipinski definition) is 0. The minimum Gasteiger partial charge on any atom is -0.482 e. The predicted molar refractivity (Wildman–Crippen MR) is 113 cm³/mol. The molecule has 0 unspecified atom stereocenters. The average molecular weight is 394 g/mol. The molecule has 144 valence electrons. The number of anilines is 1. The van der Waals surface area contributed by atoms with E-state index in [0.717, 1.165) is 35.9 Å². The summed E-state index contributed by atoms with van der Waals surface area (Å²) < 4.78 is 6.71. The summed E-state index contributed by atoms with van der Waals surface area (Å²) >= 11 is 1.51. The van der Waals surface area contributed by atoms with E-state index in [-0.39, 0.29) is 12.5 Å². The second-order valence-electron chi connectivity index (χ2n) is 6.47. The molecule has 0 spiro atoms. The molecule has 2 aromatic carbocycles. The number of benzene rings is 2. The highest BCUT2D eigenvalue weighted by molar-refractivity contribution is 7.22. The molecule has 3 rings (SSSR count). The summed E-state index contributed by atoms with van der Waals surface area (Å²) in [5.74, 6) is 0.275. The molecule has 0 aliphatic carbocycles. The molecule has 0 saturated carbocycles. The maximum absolute atomic E-state index is 12.9. The average Bonchev–Trinajstić information content (AvgIpc) is 3.16. The predicted octanol–water partition coefficient (Wildman–Crippen LogP) is 5.16. The number of unbranched alkanes of at least 4 members (excludes halogenated alkanes) is 3. The number of thiazole rings is 1. The number of fused-ring (bicyclic) bond motifs is 1. The fourth-order valence-electron chi connectivity index (χ4n) is 2.90. The maximum Gasteiger partial charge on any atom is 0.266 e. The van der Waals surface area contributed by atoms with Crippen molar-refractivity contribution < 1.29 is 9.53 Å². The molecule has 1 amide bonds. The fourth-order valence-corrected chi connectivity index (χ4v) is 3.91. The summed E-state index contributed by atoms with van der Waals surface area (Å²) in [6, 6.07) is 16.9. The SMILES string of the molecule is CCCCCCN(C(=O)COc1ccccc1C#N)c1nc2ccccc2s1. The van der Waals surface area contributed by atoms with Gasteiger partial charge in [-0.15, -0.1) is 0 Å². The molecule has 0 aliphatic heterocycles. The van der Waals surface area contributed by atoms with Gasteiger partial charge in [-0.1, -0.05) is 61.8 Å². The van der Waals surface area contributed by atoms with Crippen molar-refractivity contribution in [2.75, 3.05) is 18.1 Å². The first-order valence-electron chi connectivity index (χ1n) is 9.50. The molecule has 5 nitrogen and oxygen atoms in total. The Bertz CT molecular complexity index is 944. The van der Waals surface area contributed by atoms with Crippen LogP contribution in [0.15, 0.2) is 48.5 Å². The number of carbonyl (C=O) groups is 1. The molecule has 3 aromatic rings.